The maximum Gasteiger partial charge on any atom is 0.159 e. The van der Waals surface area contributed by atoms with Crippen molar-refractivity contribution < 1.29 is 9.90 Å². The van der Waals surface area contributed by atoms with Crippen LogP contribution in [0.2, 0.25) is 0 Å². The number of carbonyl (C=O) groups excluding carboxylic acids is 1. The van der Waals surface area contributed by atoms with Gasteiger partial charge < -0.3 is 5.11 Å². The predicted molar refractivity (Wildman–Crippen MR) is 47.4 cm³/mol. The molecule has 0 atom stereocenters. The fraction of sp³-hybridized carbons (Fsp3) is 0.200. The molecule has 3 heteroatoms. The Morgan fingerprint density at radius 2 is 2.31 bits per heavy atom. The molecule has 1 rings (SSSR count). The molecule has 0 aliphatic carbocycles. The van der Waals surface area contributed by atoms with Crippen molar-refractivity contribution in [1.82, 2.24) is 0 Å². The van der Waals surface area contributed by atoms with Crippen LogP contribution < -0.4 is 0 Å². The Morgan fingerprint density at radius 3 is 2.85 bits per heavy atom. The molecular weight excluding hydrogens is 166 g/mol. The molecule has 13 heavy (non-hydrogen) atoms. The third kappa shape index (κ3) is 2.06. The van der Waals surface area contributed by atoms with Crippen LogP contribution in [0.3, 0.4) is 0 Å². The number of phenols is 1. The summed E-state index contributed by atoms with van der Waals surface area (Å²) < 4.78 is 0. The number of rotatable bonds is 2. The van der Waals surface area contributed by atoms with E-state index in [1.807, 2.05) is 6.07 Å². The highest BCUT2D eigenvalue weighted by atomic mass is 16.3. The zero-order valence-electron chi connectivity index (χ0n) is 7.24. The van der Waals surface area contributed by atoms with Gasteiger partial charge in [-0.1, -0.05) is 0 Å². The summed E-state index contributed by atoms with van der Waals surface area (Å²) in [5, 5.41) is 17.7. The molecular formula is C10H9NO2. The Balaban J connectivity index is 3.12. The minimum absolute atomic E-state index is 0.0616. The molecule has 0 aliphatic heterocycles. The van der Waals surface area contributed by atoms with Crippen LogP contribution in [-0.4, -0.2) is 10.9 Å². The maximum absolute atomic E-state index is 10.9. The summed E-state index contributed by atoms with van der Waals surface area (Å²) in [5.74, 6) is -0.00857. The lowest BCUT2D eigenvalue weighted by molar-refractivity contribution is 0.101. The first-order chi connectivity index (χ1) is 6.15. The Morgan fingerprint density at radius 1 is 1.62 bits per heavy atom. The molecule has 0 saturated carbocycles. The molecule has 1 aromatic carbocycles. The van der Waals surface area contributed by atoms with Crippen molar-refractivity contribution in [2.45, 2.75) is 13.3 Å². The maximum atomic E-state index is 10.9. The fourth-order valence-corrected chi connectivity index (χ4v) is 1.03. The monoisotopic (exact) mass is 175 g/mol. The topological polar surface area (TPSA) is 61.1 Å². The Hall–Kier alpha value is -1.82. The van der Waals surface area contributed by atoms with Gasteiger partial charge in [-0.25, -0.2) is 0 Å². The first kappa shape index (κ1) is 9.27. The molecule has 0 unspecified atom stereocenters. The van der Waals surface area contributed by atoms with Crippen molar-refractivity contribution >= 4 is 5.78 Å². The number of ketones is 1. The van der Waals surface area contributed by atoms with Gasteiger partial charge in [0, 0.05) is 11.1 Å². The molecule has 3 nitrogen and oxygen atoms in total. The molecule has 0 fully saturated rings. The summed E-state index contributed by atoms with van der Waals surface area (Å²) in [4.78, 5) is 10.9. The number of benzene rings is 1. The van der Waals surface area contributed by atoms with E-state index in [1.165, 1.54) is 13.0 Å². The van der Waals surface area contributed by atoms with Crippen LogP contribution in [0.15, 0.2) is 18.2 Å². The normalized spacial score (nSPS) is 9.23. The van der Waals surface area contributed by atoms with Gasteiger partial charge in [-0.2, -0.15) is 5.26 Å². The van der Waals surface area contributed by atoms with Crippen LogP contribution in [-0.2, 0) is 6.42 Å². The zero-order valence-corrected chi connectivity index (χ0v) is 7.24. The minimum Gasteiger partial charge on any atom is -0.508 e. The van der Waals surface area contributed by atoms with Crippen molar-refractivity contribution in [1.29, 1.82) is 5.26 Å². The molecule has 0 aliphatic rings. The number of nitriles is 1. The summed E-state index contributed by atoms with van der Waals surface area (Å²) in [7, 11) is 0. The van der Waals surface area contributed by atoms with Gasteiger partial charge in [0.2, 0.25) is 0 Å². The summed E-state index contributed by atoms with van der Waals surface area (Å²) in [6, 6.07) is 6.44. The molecule has 1 N–H and O–H groups in total. The largest absolute Gasteiger partial charge is 0.508 e. The van der Waals surface area contributed by atoms with Crippen LogP contribution in [0.5, 0.6) is 5.75 Å². The third-order valence-corrected chi connectivity index (χ3v) is 1.76. The lowest BCUT2D eigenvalue weighted by atomic mass is 10.1. The lowest BCUT2D eigenvalue weighted by Crippen LogP contribution is -1.93. The highest BCUT2D eigenvalue weighted by molar-refractivity contribution is 5.94. The van der Waals surface area contributed by atoms with Crippen LogP contribution in [0.1, 0.15) is 22.8 Å². The SMILES string of the molecule is CC(=O)c1ccc(O)c(CC#N)c1. The Labute approximate surface area is 76.2 Å². The van der Waals surface area contributed by atoms with Gasteiger partial charge in [0.05, 0.1) is 12.5 Å². The number of hydrogen-bond acceptors (Lipinski definition) is 3. The van der Waals surface area contributed by atoms with Crippen LogP contribution in [0.4, 0.5) is 0 Å². The van der Waals surface area contributed by atoms with Crippen molar-refractivity contribution in [3.05, 3.63) is 29.3 Å². The van der Waals surface area contributed by atoms with E-state index in [9.17, 15) is 9.90 Å². The van der Waals surface area contributed by atoms with Gasteiger partial charge in [0.15, 0.2) is 5.78 Å². The summed E-state index contributed by atoms with van der Waals surface area (Å²) in [6.45, 7) is 1.45. The quantitative estimate of drug-likeness (QED) is 0.695. The molecule has 0 saturated heterocycles. The second kappa shape index (κ2) is 3.72. The number of aromatic hydroxyl groups is 1. The average Bonchev–Trinajstić information content (AvgIpc) is 2.08. The van der Waals surface area contributed by atoms with Gasteiger partial charge in [-0.15, -0.1) is 0 Å². The van der Waals surface area contributed by atoms with Crippen molar-refractivity contribution in [3.63, 3.8) is 0 Å². The number of hydrogen-bond donors (Lipinski definition) is 1. The highest BCUT2D eigenvalue weighted by Crippen LogP contribution is 2.18. The molecule has 0 aromatic heterocycles. The van der Waals surface area contributed by atoms with E-state index in [-0.39, 0.29) is 18.0 Å². The molecule has 0 spiro atoms. The van der Waals surface area contributed by atoms with Crippen molar-refractivity contribution in [2.24, 2.45) is 0 Å². The van der Waals surface area contributed by atoms with Crippen LogP contribution in [0, 0.1) is 11.3 Å². The van der Waals surface area contributed by atoms with Crippen LogP contribution in [0.25, 0.3) is 0 Å². The molecule has 0 bridgehead atoms. The molecule has 0 radical (unpaired) electrons. The van der Waals surface area contributed by atoms with Gasteiger partial charge in [-0.3, -0.25) is 4.79 Å². The Bertz CT molecular complexity index is 377. The van der Waals surface area contributed by atoms with Gasteiger partial charge in [0.1, 0.15) is 5.75 Å². The van der Waals surface area contributed by atoms with E-state index in [1.54, 1.807) is 12.1 Å². The molecule has 66 valence electrons. The first-order valence-electron chi connectivity index (χ1n) is 3.85. The van der Waals surface area contributed by atoms with Gasteiger partial charge in [0.25, 0.3) is 0 Å². The van der Waals surface area contributed by atoms with Gasteiger partial charge in [-0.05, 0) is 25.1 Å². The average molecular weight is 175 g/mol. The second-order valence-electron chi connectivity index (χ2n) is 2.73. The predicted octanol–water partition coefficient (Wildman–Crippen LogP) is 1.66. The van der Waals surface area contributed by atoms with E-state index >= 15 is 0 Å². The zero-order chi connectivity index (χ0) is 9.84. The Kier molecular flexibility index (Phi) is 2.65. The highest BCUT2D eigenvalue weighted by Gasteiger charge is 2.04. The smallest absolute Gasteiger partial charge is 0.159 e. The summed E-state index contributed by atoms with van der Waals surface area (Å²) >= 11 is 0. The number of nitrogens with zero attached hydrogens (tertiary/aromatic N) is 1. The molecule has 0 heterocycles. The van der Waals surface area contributed by atoms with E-state index in [4.69, 9.17) is 5.26 Å². The number of phenolic OH excluding ortho intramolecular Hbond substituents is 1. The summed E-state index contributed by atoms with van der Waals surface area (Å²) in [5.41, 5.74) is 1.01. The van der Waals surface area contributed by atoms with E-state index in [0.29, 0.717) is 11.1 Å². The fourth-order valence-electron chi connectivity index (χ4n) is 1.03. The standard InChI is InChI=1S/C10H9NO2/c1-7(12)8-2-3-10(13)9(6-8)4-5-11/h2-3,6,13H,4H2,1H3. The van der Waals surface area contributed by atoms with Crippen molar-refractivity contribution in [3.8, 4) is 11.8 Å². The van der Waals surface area contributed by atoms with E-state index < -0.39 is 0 Å². The van der Waals surface area contributed by atoms with E-state index in [0.717, 1.165) is 0 Å². The minimum atomic E-state index is -0.0702. The number of carbonyl (C=O) groups is 1. The first-order valence-corrected chi connectivity index (χ1v) is 3.85. The van der Waals surface area contributed by atoms with Crippen LogP contribution >= 0.6 is 0 Å². The molecule has 1 aromatic rings. The summed E-state index contributed by atoms with van der Waals surface area (Å²) in [6.07, 6.45) is 0.118. The van der Waals surface area contributed by atoms with Crippen molar-refractivity contribution in [2.75, 3.05) is 0 Å². The molecule has 0 amide bonds. The number of Topliss-reactive ketones (excluding diaryl/α,β-unsaturated/α-hetero) is 1. The third-order valence-electron chi connectivity index (χ3n) is 1.76. The second-order valence-corrected chi connectivity index (χ2v) is 2.73. The van der Waals surface area contributed by atoms with E-state index in [2.05, 4.69) is 0 Å². The van der Waals surface area contributed by atoms with Gasteiger partial charge >= 0.3 is 0 Å². The lowest BCUT2D eigenvalue weighted by Gasteiger charge is -2.01.